The Bertz CT molecular complexity index is 817. The third kappa shape index (κ3) is 5.87. The number of rotatable bonds is 6. The van der Waals surface area contributed by atoms with Crippen LogP contribution in [0, 0.1) is 12.7 Å². The van der Waals surface area contributed by atoms with Gasteiger partial charge in [-0.2, -0.15) is 0 Å². The Hall–Kier alpha value is -2.77. The van der Waals surface area contributed by atoms with E-state index in [1.165, 1.54) is 21.9 Å². The van der Waals surface area contributed by atoms with E-state index >= 15 is 0 Å². The van der Waals surface area contributed by atoms with Crippen LogP contribution in [0.15, 0.2) is 48.5 Å². The number of carbonyl (C=O) groups is 2. The van der Waals surface area contributed by atoms with Gasteiger partial charge in [0.1, 0.15) is 32.0 Å². The number of benzene rings is 2. The molecule has 148 valence electrons. The number of amides is 2. The summed E-state index contributed by atoms with van der Waals surface area (Å²) in [6.45, 7) is 6.15. The van der Waals surface area contributed by atoms with Crippen LogP contribution in [0.1, 0.15) is 5.56 Å². The van der Waals surface area contributed by atoms with E-state index in [4.69, 9.17) is 0 Å². The second kappa shape index (κ2) is 9.43. The summed E-state index contributed by atoms with van der Waals surface area (Å²) in [6, 6.07) is 13.5. The van der Waals surface area contributed by atoms with E-state index < -0.39 is 0 Å². The monoisotopic (exact) mass is 386 g/mol. The minimum Gasteiger partial charge on any atom is -0.321 e. The van der Waals surface area contributed by atoms with Gasteiger partial charge in [-0.15, -0.1) is 0 Å². The molecule has 6 nitrogen and oxygen atoms in total. The van der Waals surface area contributed by atoms with Crippen LogP contribution in [0.4, 0.5) is 15.8 Å². The zero-order chi connectivity index (χ0) is 19.9. The summed E-state index contributed by atoms with van der Waals surface area (Å²) < 4.78 is 12.9. The van der Waals surface area contributed by atoms with Crippen molar-refractivity contribution in [3.63, 3.8) is 0 Å². The van der Waals surface area contributed by atoms with E-state index in [1.54, 1.807) is 12.1 Å². The fourth-order valence-corrected chi connectivity index (χ4v) is 3.41. The first-order chi connectivity index (χ1) is 13.5. The van der Waals surface area contributed by atoms with E-state index in [-0.39, 0.29) is 17.6 Å². The van der Waals surface area contributed by atoms with Gasteiger partial charge in [0.2, 0.25) is 0 Å². The van der Waals surface area contributed by atoms with Gasteiger partial charge < -0.3 is 20.4 Å². The van der Waals surface area contributed by atoms with Gasteiger partial charge in [0.15, 0.2) is 13.1 Å². The Kier molecular flexibility index (Phi) is 6.73. The Morgan fingerprint density at radius 2 is 1.39 bits per heavy atom. The normalized spacial score (nSPS) is 19.1. The van der Waals surface area contributed by atoms with E-state index in [0.29, 0.717) is 18.8 Å². The molecule has 28 heavy (non-hydrogen) atoms. The Balaban J connectivity index is 1.39. The third-order valence-corrected chi connectivity index (χ3v) is 5.03. The molecule has 1 aliphatic rings. The topological polar surface area (TPSA) is 67.1 Å². The molecule has 0 bridgehead atoms. The lowest BCUT2D eigenvalue weighted by molar-refractivity contribution is -1.00. The number of halogens is 1. The number of quaternary nitrogens is 2. The lowest BCUT2D eigenvalue weighted by Crippen LogP contribution is -3.28. The number of hydrogen-bond donors (Lipinski definition) is 4. The van der Waals surface area contributed by atoms with Crippen LogP contribution in [-0.4, -0.2) is 51.1 Å². The van der Waals surface area contributed by atoms with Gasteiger partial charge in [-0.05, 0) is 42.8 Å². The number of nitrogens with one attached hydrogen (secondary N) is 4. The minimum atomic E-state index is -0.325. The molecule has 1 aliphatic heterocycles. The van der Waals surface area contributed by atoms with Gasteiger partial charge in [-0.3, -0.25) is 9.59 Å². The number of aryl methyl sites for hydroxylation is 1. The molecular weight excluding hydrogens is 359 g/mol. The summed E-state index contributed by atoms with van der Waals surface area (Å²) in [5.41, 5.74) is 2.50. The summed E-state index contributed by atoms with van der Waals surface area (Å²) in [7, 11) is 0. The minimum absolute atomic E-state index is 0.0156. The van der Waals surface area contributed by atoms with Crippen molar-refractivity contribution in [2.24, 2.45) is 0 Å². The van der Waals surface area contributed by atoms with Gasteiger partial charge in [-0.1, -0.05) is 18.2 Å². The molecule has 1 heterocycles. The first-order valence-corrected chi connectivity index (χ1v) is 9.57. The first-order valence-electron chi connectivity index (χ1n) is 9.57. The lowest BCUT2D eigenvalue weighted by atomic mass is 10.2. The highest BCUT2D eigenvalue weighted by Crippen LogP contribution is 2.12. The molecule has 0 unspecified atom stereocenters. The number of piperazine rings is 1. The van der Waals surface area contributed by atoms with Crippen LogP contribution in [0.25, 0.3) is 0 Å². The van der Waals surface area contributed by atoms with Crippen LogP contribution in [-0.2, 0) is 9.59 Å². The van der Waals surface area contributed by atoms with Gasteiger partial charge in [0.05, 0.1) is 0 Å². The molecule has 0 aliphatic carbocycles. The van der Waals surface area contributed by atoms with Crippen molar-refractivity contribution in [1.29, 1.82) is 0 Å². The average molecular weight is 386 g/mol. The molecule has 0 spiro atoms. The molecule has 1 fully saturated rings. The second-order valence-corrected chi connectivity index (χ2v) is 7.27. The van der Waals surface area contributed by atoms with E-state index in [9.17, 15) is 14.0 Å². The lowest BCUT2D eigenvalue weighted by Gasteiger charge is -2.29. The highest BCUT2D eigenvalue weighted by atomic mass is 19.1. The van der Waals surface area contributed by atoms with E-state index in [1.807, 2.05) is 31.2 Å². The van der Waals surface area contributed by atoms with Gasteiger partial charge in [0, 0.05) is 11.4 Å². The second-order valence-electron chi connectivity index (χ2n) is 7.27. The molecule has 3 rings (SSSR count). The Morgan fingerprint density at radius 1 is 0.857 bits per heavy atom. The van der Waals surface area contributed by atoms with Gasteiger partial charge in [-0.25, -0.2) is 4.39 Å². The molecule has 7 heteroatoms. The maximum absolute atomic E-state index is 12.9. The molecule has 1 saturated heterocycles. The summed E-state index contributed by atoms with van der Waals surface area (Å²) in [5, 5.41) is 5.77. The van der Waals surface area contributed by atoms with Crippen molar-refractivity contribution in [1.82, 2.24) is 0 Å². The summed E-state index contributed by atoms with van der Waals surface area (Å²) in [4.78, 5) is 26.9. The predicted molar refractivity (Wildman–Crippen MR) is 106 cm³/mol. The molecule has 4 N–H and O–H groups in total. The van der Waals surface area contributed by atoms with Crippen molar-refractivity contribution in [2.45, 2.75) is 6.92 Å². The molecule has 2 aromatic carbocycles. The quantitative estimate of drug-likeness (QED) is 0.541. The number of anilines is 2. The molecule has 0 aromatic heterocycles. The molecule has 0 atom stereocenters. The van der Waals surface area contributed by atoms with Crippen molar-refractivity contribution < 1.29 is 23.8 Å². The molecule has 0 saturated carbocycles. The Labute approximate surface area is 164 Å². The fourth-order valence-electron chi connectivity index (χ4n) is 3.41. The maximum Gasteiger partial charge on any atom is 0.279 e. The van der Waals surface area contributed by atoms with Crippen LogP contribution in [0.2, 0.25) is 0 Å². The largest absolute Gasteiger partial charge is 0.321 e. The zero-order valence-electron chi connectivity index (χ0n) is 16.1. The van der Waals surface area contributed by atoms with Crippen molar-refractivity contribution >= 4 is 23.2 Å². The fraction of sp³-hybridized carbons (Fsp3) is 0.333. The zero-order valence-corrected chi connectivity index (χ0v) is 16.1. The van der Waals surface area contributed by atoms with Crippen molar-refractivity contribution in [2.75, 3.05) is 49.9 Å². The first kappa shape index (κ1) is 20.0. The summed E-state index contributed by atoms with van der Waals surface area (Å²) in [5.74, 6) is -0.390. The third-order valence-electron chi connectivity index (χ3n) is 5.03. The number of para-hydroxylation sites is 1. The van der Waals surface area contributed by atoms with E-state index in [2.05, 4.69) is 10.6 Å². The SMILES string of the molecule is Cc1ccccc1NC(=O)C[NH+]1CC[NH+](CC(=O)Nc2ccc(F)cc2)CC1. The van der Waals surface area contributed by atoms with Crippen LogP contribution < -0.4 is 20.4 Å². The average Bonchev–Trinajstić information content (AvgIpc) is 2.67. The molecule has 2 aromatic rings. The summed E-state index contributed by atoms with van der Waals surface area (Å²) in [6.07, 6.45) is 0. The predicted octanol–water partition coefficient (Wildman–Crippen LogP) is -0.505. The van der Waals surface area contributed by atoms with Crippen LogP contribution >= 0.6 is 0 Å². The number of carbonyl (C=O) groups excluding carboxylic acids is 2. The van der Waals surface area contributed by atoms with Crippen molar-refractivity contribution in [3.05, 3.63) is 59.9 Å². The number of hydrogen-bond acceptors (Lipinski definition) is 2. The molecule has 2 amide bonds. The van der Waals surface area contributed by atoms with E-state index in [0.717, 1.165) is 37.4 Å². The molecule has 0 radical (unpaired) electrons. The van der Waals surface area contributed by atoms with Gasteiger partial charge >= 0.3 is 0 Å². The highest BCUT2D eigenvalue weighted by Gasteiger charge is 2.26. The van der Waals surface area contributed by atoms with Crippen LogP contribution in [0.5, 0.6) is 0 Å². The smallest absolute Gasteiger partial charge is 0.279 e. The summed E-state index contributed by atoms with van der Waals surface area (Å²) >= 11 is 0. The van der Waals surface area contributed by atoms with Gasteiger partial charge in [0.25, 0.3) is 11.8 Å². The van der Waals surface area contributed by atoms with Crippen LogP contribution in [0.3, 0.4) is 0 Å². The maximum atomic E-state index is 12.9. The standard InChI is InChI=1S/C21H25FN4O2/c1-16-4-2-3-5-19(16)24-21(28)15-26-12-10-25(11-13-26)14-20(27)23-18-8-6-17(22)7-9-18/h2-9H,10-15H2,1H3,(H,23,27)(H,24,28)/p+2. The highest BCUT2D eigenvalue weighted by molar-refractivity contribution is 5.92. The Morgan fingerprint density at radius 3 is 1.96 bits per heavy atom. The molecular formula is C21H27FN4O2+2. The van der Waals surface area contributed by atoms with Crippen molar-refractivity contribution in [3.8, 4) is 0 Å².